The molecule has 2 rings (SSSR count). The van der Waals surface area contributed by atoms with Crippen LogP contribution in [0, 0.1) is 12.7 Å². The van der Waals surface area contributed by atoms with Crippen LogP contribution in [-0.4, -0.2) is 4.98 Å². The highest BCUT2D eigenvalue weighted by atomic mass is 19.1. The quantitative estimate of drug-likeness (QED) is 0.741. The fraction of sp³-hybridized carbons (Fsp3) is 0.182. The molecule has 15 heavy (non-hydrogen) atoms. The lowest BCUT2D eigenvalue weighted by molar-refractivity contribution is 0.620. The topological polar surface area (TPSA) is 58.9 Å². The van der Waals surface area contributed by atoms with Gasteiger partial charge in [0.15, 0.2) is 0 Å². The summed E-state index contributed by atoms with van der Waals surface area (Å²) in [5, 5.41) is 0.800. The third kappa shape index (κ3) is 1.53. The van der Waals surface area contributed by atoms with Gasteiger partial charge >= 0.3 is 0 Å². The van der Waals surface area contributed by atoms with Crippen molar-refractivity contribution in [3.63, 3.8) is 0 Å². The van der Waals surface area contributed by atoms with Crippen molar-refractivity contribution in [3.8, 4) is 0 Å². The summed E-state index contributed by atoms with van der Waals surface area (Å²) in [6.45, 7) is 1.82. The molecule has 0 saturated heterocycles. The summed E-state index contributed by atoms with van der Waals surface area (Å²) in [5.74, 6) is -0.321. The monoisotopic (exact) mass is 206 g/mol. The van der Waals surface area contributed by atoms with Crippen LogP contribution in [0.5, 0.6) is 0 Å². The first kappa shape index (κ1) is 9.86. The van der Waals surface area contributed by atoms with E-state index >= 15 is 0 Å². The number of aromatic nitrogens is 1. The molecule has 0 fully saturated rings. The van der Waals surface area contributed by atoms with Crippen LogP contribution in [0.15, 0.2) is 23.0 Å². The highest BCUT2D eigenvalue weighted by Crippen LogP contribution is 2.18. The average Bonchev–Trinajstić information content (AvgIpc) is 2.24. The van der Waals surface area contributed by atoms with Crippen LogP contribution < -0.4 is 11.3 Å². The van der Waals surface area contributed by atoms with E-state index in [4.69, 9.17) is 5.73 Å². The number of hydrogen-bond acceptors (Lipinski definition) is 2. The first-order chi connectivity index (χ1) is 7.13. The Kier molecular flexibility index (Phi) is 2.28. The summed E-state index contributed by atoms with van der Waals surface area (Å²) in [7, 11) is 0. The first-order valence-corrected chi connectivity index (χ1v) is 4.64. The summed E-state index contributed by atoms with van der Waals surface area (Å²) in [6, 6.07) is 4.71. The van der Waals surface area contributed by atoms with Gasteiger partial charge in [-0.05, 0) is 30.5 Å². The number of pyridine rings is 1. The normalized spacial score (nSPS) is 10.9. The van der Waals surface area contributed by atoms with Crippen LogP contribution in [0.2, 0.25) is 0 Å². The van der Waals surface area contributed by atoms with Crippen LogP contribution in [0.1, 0.15) is 11.1 Å². The van der Waals surface area contributed by atoms with E-state index in [2.05, 4.69) is 4.98 Å². The fourth-order valence-corrected chi connectivity index (χ4v) is 1.59. The molecule has 0 radical (unpaired) electrons. The number of nitrogens with two attached hydrogens (primary N) is 1. The zero-order valence-corrected chi connectivity index (χ0v) is 8.30. The van der Waals surface area contributed by atoms with E-state index in [0.29, 0.717) is 16.6 Å². The van der Waals surface area contributed by atoms with Gasteiger partial charge < -0.3 is 10.7 Å². The molecule has 0 saturated carbocycles. The lowest BCUT2D eigenvalue weighted by Crippen LogP contribution is -2.16. The van der Waals surface area contributed by atoms with E-state index in [1.165, 1.54) is 6.07 Å². The standard InChI is InChI=1S/C11H11FN2O/c1-6-9(12)3-2-7-4-8(5-13)11(15)14-10(6)7/h2-4H,5,13H2,1H3,(H,14,15). The van der Waals surface area contributed by atoms with Crippen molar-refractivity contribution >= 4 is 10.9 Å². The molecule has 3 nitrogen and oxygen atoms in total. The van der Waals surface area contributed by atoms with Gasteiger partial charge in [0.25, 0.3) is 5.56 Å². The van der Waals surface area contributed by atoms with Crippen molar-refractivity contribution in [2.45, 2.75) is 13.5 Å². The van der Waals surface area contributed by atoms with Crippen molar-refractivity contribution in [2.24, 2.45) is 5.73 Å². The summed E-state index contributed by atoms with van der Waals surface area (Å²) >= 11 is 0. The zero-order valence-electron chi connectivity index (χ0n) is 8.30. The molecule has 78 valence electrons. The minimum Gasteiger partial charge on any atom is -0.326 e. The molecular formula is C11H11FN2O. The zero-order chi connectivity index (χ0) is 11.0. The number of fused-ring (bicyclic) bond motifs is 1. The van der Waals surface area contributed by atoms with Crippen LogP contribution in [-0.2, 0) is 6.54 Å². The Labute approximate surface area is 85.7 Å². The van der Waals surface area contributed by atoms with Crippen molar-refractivity contribution in [1.82, 2.24) is 4.98 Å². The highest BCUT2D eigenvalue weighted by molar-refractivity contribution is 5.82. The van der Waals surface area contributed by atoms with Gasteiger partial charge in [0.2, 0.25) is 0 Å². The van der Waals surface area contributed by atoms with Gasteiger partial charge in [-0.1, -0.05) is 0 Å². The molecule has 0 aliphatic rings. The molecule has 0 atom stereocenters. The molecule has 1 aromatic carbocycles. The highest BCUT2D eigenvalue weighted by Gasteiger charge is 2.06. The number of benzene rings is 1. The number of aryl methyl sites for hydroxylation is 1. The van der Waals surface area contributed by atoms with E-state index in [1.807, 2.05) is 0 Å². The van der Waals surface area contributed by atoms with Crippen molar-refractivity contribution in [1.29, 1.82) is 0 Å². The van der Waals surface area contributed by atoms with E-state index in [1.54, 1.807) is 19.1 Å². The average molecular weight is 206 g/mol. The molecule has 0 spiro atoms. The second kappa shape index (κ2) is 3.47. The molecular weight excluding hydrogens is 195 g/mol. The molecule has 0 bridgehead atoms. The smallest absolute Gasteiger partial charge is 0.252 e. The number of hydrogen-bond donors (Lipinski definition) is 2. The number of nitrogens with one attached hydrogen (secondary N) is 1. The van der Waals surface area contributed by atoms with Gasteiger partial charge in [0.1, 0.15) is 5.82 Å². The molecule has 2 aromatic rings. The molecule has 0 amide bonds. The molecule has 1 heterocycles. The van der Waals surface area contributed by atoms with Crippen LogP contribution in [0.25, 0.3) is 10.9 Å². The van der Waals surface area contributed by atoms with E-state index in [-0.39, 0.29) is 17.9 Å². The van der Waals surface area contributed by atoms with Gasteiger partial charge in [-0.25, -0.2) is 4.39 Å². The molecule has 1 aromatic heterocycles. The minimum atomic E-state index is -0.321. The second-order valence-corrected chi connectivity index (χ2v) is 3.46. The Hall–Kier alpha value is -1.68. The third-order valence-electron chi connectivity index (χ3n) is 2.51. The lowest BCUT2D eigenvalue weighted by atomic mass is 10.1. The molecule has 0 aliphatic carbocycles. The van der Waals surface area contributed by atoms with Gasteiger partial charge in [-0.2, -0.15) is 0 Å². The lowest BCUT2D eigenvalue weighted by Gasteiger charge is -2.04. The van der Waals surface area contributed by atoms with Gasteiger partial charge in [0.05, 0.1) is 5.52 Å². The summed E-state index contributed by atoms with van der Waals surface area (Å²) < 4.78 is 13.2. The minimum absolute atomic E-state index is 0.182. The number of aromatic amines is 1. The van der Waals surface area contributed by atoms with E-state index in [0.717, 1.165) is 5.39 Å². The first-order valence-electron chi connectivity index (χ1n) is 4.64. The molecule has 0 aliphatic heterocycles. The SMILES string of the molecule is Cc1c(F)ccc2cc(CN)c(=O)[nH]c12. The summed E-state index contributed by atoms with van der Waals surface area (Å²) in [4.78, 5) is 14.1. The van der Waals surface area contributed by atoms with Crippen molar-refractivity contribution in [3.05, 3.63) is 45.5 Å². The Morgan fingerprint density at radius 3 is 2.87 bits per heavy atom. The van der Waals surface area contributed by atoms with Crippen LogP contribution in [0.4, 0.5) is 4.39 Å². The van der Waals surface area contributed by atoms with Gasteiger partial charge in [-0.3, -0.25) is 4.79 Å². The summed E-state index contributed by atoms with van der Waals surface area (Å²) in [5.41, 5.74) is 6.66. The second-order valence-electron chi connectivity index (χ2n) is 3.46. The predicted octanol–water partition coefficient (Wildman–Crippen LogP) is 1.43. The Bertz CT molecular complexity index is 575. The van der Waals surface area contributed by atoms with Crippen LogP contribution in [0.3, 0.4) is 0 Å². The van der Waals surface area contributed by atoms with Crippen molar-refractivity contribution in [2.75, 3.05) is 0 Å². The predicted molar refractivity (Wildman–Crippen MR) is 57.2 cm³/mol. The molecule has 3 N–H and O–H groups in total. The maximum atomic E-state index is 13.2. The summed E-state index contributed by atoms with van der Waals surface area (Å²) in [6.07, 6.45) is 0. The number of H-pyrrole nitrogens is 1. The molecule has 4 heteroatoms. The number of halogens is 1. The number of rotatable bonds is 1. The Morgan fingerprint density at radius 1 is 1.47 bits per heavy atom. The van der Waals surface area contributed by atoms with Crippen LogP contribution >= 0.6 is 0 Å². The Balaban J connectivity index is 2.87. The maximum Gasteiger partial charge on any atom is 0.252 e. The molecule has 0 unspecified atom stereocenters. The largest absolute Gasteiger partial charge is 0.326 e. The van der Waals surface area contributed by atoms with Gasteiger partial charge in [0, 0.05) is 17.7 Å². The maximum absolute atomic E-state index is 13.2. The van der Waals surface area contributed by atoms with E-state index in [9.17, 15) is 9.18 Å². The third-order valence-corrected chi connectivity index (χ3v) is 2.51. The van der Waals surface area contributed by atoms with E-state index < -0.39 is 0 Å². The Morgan fingerprint density at radius 2 is 2.20 bits per heavy atom. The fourth-order valence-electron chi connectivity index (χ4n) is 1.59. The van der Waals surface area contributed by atoms with Gasteiger partial charge in [-0.15, -0.1) is 0 Å². The van der Waals surface area contributed by atoms with Crippen molar-refractivity contribution < 1.29 is 4.39 Å².